The van der Waals surface area contributed by atoms with E-state index in [1.165, 1.54) is 11.8 Å². The molecule has 0 fully saturated rings. The van der Waals surface area contributed by atoms with Gasteiger partial charge in [0, 0.05) is 11.8 Å². The zero-order valence-corrected chi connectivity index (χ0v) is 6.83. The van der Waals surface area contributed by atoms with Crippen molar-refractivity contribution >= 4 is 5.57 Å². The molecule has 1 aromatic heterocycles. The standard InChI is InChI=1S/C10H11NO/c12-7-9-4-1-3-8-5-2-6-11-10(8)9/h2,5-7,12H,1,3-4H2. The molecule has 0 saturated carbocycles. The normalized spacial score (nSPS) is 19.2. The van der Waals surface area contributed by atoms with Gasteiger partial charge in [-0.15, -0.1) is 0 Å². The van der Waals surface area contributed by atoms with E-state index in [0.29, 0.717) is 0 Å². The van der Waals surface area contributed by atoms with Crippen LogP contribution in [0.5, 0.6) is 0 Å². The first-order valence-electron chi connectivity index (χ1n) is 4.19. The van der Waals surface area contributed by atoms with Gasteiger partial charge < -0.3 is 5.11 Å². The monoisotopic (exact) mass is 161 g/mol. The molecular weight excluding hydrogens is 150 g/mol. The van der Waals surface area contributed by atoms with Crippen LogP contribution in [-0.2, 0) is 6.42 Å². The van der Waals surface area contributed by atoms with Crippen molar-refractivity contribution in [2.24, 2.45) is 0 Å². The summed E-state index contributed by atoms with van der Waals surface area (Å²) in [5.41, 5.74) is 3.20. The first-order valence-corrected chi connectivity index (χ1v) is 4.19. The van der Waals surface area contributed by atoms with Crippen molar-refractivity contribution in [1.29, 1.82) is 0 Å². The number of pyridine rings is 1. The summed E-state index contributed by atoms with van der Waals surface area (Å²) in [4.78, 5) is 4.24. The van der Waals surface area contributed by atoms with E-state index in [1.807, 2.05) is 6.07 Å². The fourth-order valence-corrected chi connectivity index (χ4v) is 1.64. The maximum absolute atomic E-state index is 8.94. The molecule has 0 atom stereocenters. The molecule has 2 heteroatoms. The molecule has 0 unspecified atom stereocenters. The number of aliphatic hydroxyl groups is 1. The van der Waals surface area contributed by atoms with Crippen molar-refractivity contribution in [3.8, 4) is 0 Å². The summed E-state index contributed by atoms with van der Waals surface area (Å²) in [6.07, 6.45) is 6.10. The Balaban J connectivity index is 2.51. The van der Waals surface area contributed by atoms with Gasteiger partial charge >= 0.3 is 0 Å². The molecule has 1 heterocycles. The van der Waals surface area contributed by atoms with Crippen LogP contribution in [0.1, 0.15) is 24.1 Å². The maximum Gasteiger partial charge on any atom is 0.0845 e. The molecule has 0 aromatic carbocycles. The van der Waals surface area contributed by atoms with Gasteiger partial charge in [-0.05, 0) is 30.9 Å². The van der Waals surface area contributed by atoms with E-state index in [2.05, 4.69) is 11.1 Å². The second kappa shape index (κ2) is 2.97. The van der Waals surface area contributed by atoms with Crippen LogP contribution in [-0.4, -0.2) is 10.1 Å². The topological polar surface area (TPSA) is 33.1 Å². The minimum Gasteiger partial charge on any atom is -0.515 e. The summed E-state index contributed by atoms with van der Waals surface area (Å²) in [6.45, 7) is 0. The number of allylic oxidation sites excluding steroid dienone is 1. The third kappa shape index (κ3) is 1.09. The number of aliphatic hydroxyl groups excluding tert-OH is 1. The lowest BCUT2D eigenvalue weighted by atomic mass is 9.92. The van der Waals surface area contributed by atoms with E-state index < -0.39 is 0 Å². The number of nitrogens with zero attached hydrogens (tertiary/aromatic N) is 1. The van der Waals surface area contributed by atoms with Gasteiger partial charge in [-0.3, -0.25) is 4.98 Å². The minimum atomic E-state index is 0.945. The van der Waals surface area contributed by atoms with Crippen molar-refractivity contribution in [3.63, 3.8) is 0 Å². The zero-order valence-electron chi connectivity index (χ0n) is 6.83. The van der Waals surface area contributed by atoms with Gasteiger partial charge in [0.2, 0.25) is 0 Å². The number of fused-ring (bicyclic) bond motifs is 1. The smallest absolute Gasteiger partial charge is 0.0845 e. The van der Waals surface area contributed by atoms with E-state index in [9.17, 15) is 0 Å². The summed E-state index contributed by atoms with van der Waals surface area (Å²) >= 11 is 0. The molecule has 0 bridgehead atoms. The van der Waals surface area contributed by atoms with Crippen molar-refractivity contribution in [1.82, 2.24) is 4.98 Å². The van der Waals surface area contributed by atoms with Gasteiger partial charge in [-0.25, -0.2) is 0 Å². The highest BCUT2D eigenvalue weighted by molar-refractivity contribution is 5.65. The number of hydrogen-bond acceptors (Lipinski definition) is 2. The Hall–Kier alpha value is -1.31. The third-order valence-corrected chi connectivity index (χ3v) is 2.24. The molecule has 0 saturated heterocycles. The molecule has 62 valence electrons. The lowest BCUT2D eigenvalue weighted by Crippen LogP contribution is -2.03. The second-order valence-electron chi connectivity index (χ2n) is 3.02. The van der Waals surface area contributed by atoms with Crippen LogP contribution in [0.25, 0.3) is 5.57 Å². The first kappa shape index (κ1) is 7.35. The van der Waals surface area contributed by atoms with Crippen molar-refractivity contribution in [3.05, 3.63) is 35.8 Å². The lowest BCUT2D eigenvalue weighted by molar-refractivity contribution is 0.472. The maximum atomic E-state index is 8.94. The summed E-state index contributed by atoms with van der Waals surface area (Å²) < 4.78 is 0. The average molecular weight is 161 g/mol. The third-order valence-electron chi connectivity index (χ3n) is 2.24. The molecule has 1 aliphatic carbocycles. The molecule has 1 aliphatic rings. The van der Waals surface area contributed by atoms with Crippen LogP contribution in [0, 0.1) is 0 Å². The number of aryl methyl sites for hydroxylation is 1. The van der Waals surface area contributed by atoms with Gasteiger partial charge in [-0.2, -0.15) is 0 Å². The summed E-state index contributed by atoms with van der Waals surface area (Å²) in [7, 11) is 0. The second-order valence-corrected chi connectivity index (χ2v) is 3.02. The average Bonchev–Trinajstić information content (AvgIpc) is 2.17. The highest BCUT2D eigenvalue weighted by Crippen LogP contribution is 2.27. The van der Waals surface area contributed by atoms with E-state index in [1.54, 1.807) is 6.20 Å². The van der Waals surface area contributed by atoms with Crippen LogP contribution in [0.3, 0.4) is 0 Å². The highest BCUT2D eigenvalue weighted by Gasteiger charge is 2.13. The molecule has 0 radical (unpaired) electrons. The van der Waals surface area contributed by atoms with E-state index >= 15 is 0 Å². The molecule has 0 spiro atoms. The number of rotatable bonds is 0. The van der Waals surface area contributed by atoms with Crippen LogP contribution in [0.2, 0.25) is 0 Å². The highest BCUT2D eigenvalue weighted by atomic mass is 16.2. The Morgan fingerprint density at radius 2 is 2.33 bits per heavy atom. The van der Waals surface area contributed by atoms with Crippen molar-refractivity contribution in [2.45, 2.75) is 19.3 Å². The van der Waals surface area contributed by atoms with Gasteiger partial charge in [-0.1, -0.05) is 6.07 Å². The van der Waals surface area contributed by atoms with E-state index in [4.69, 9.17) is 5.11 Å². The SMILES string of the molecule is OC=C1CCCc2cccnc21. The summed E-state index contributed by atoms with van der Waals surface area (Å²) in [6, 6.07) is 4.02. The van der Waals surface area contributed by atoms with E-state index in [-0.39, 0.29) is 0 Å². The Labute approximate surface area is 71.6 Å². The molecule has 2 nitrogen and oxygen atoms in total. The fourth-order valence-electron chi connectivity index (χ4n) is 1.64. The zero-order chi connectivity index (χ0) is 8.39. The molecule has 2 rings (SSSR count). The molecule has 0 aliphatic heterocycles. The molecule has 0 amide bonds. The predicted molar refractivity (Wildman–Crippen MR) is 47.8 cm³/mol. The van der Waals surface area contributed by atoms with Crippen LogP contribution in [0.15, 0.2) is 24.6 Å². The Kier molecular flexibility index (Phi) is 1.82. The Morgan fingerprint density at radius 1 is 1.42 bits per heavy atom. The van der Waals surface area contributed by atoms with Gasteiger partial charge in [0.15, 0.2) is 0 Å². The largest absolute Gasteiger partial charge is 0.515 e. The van der Waals surface area contributed by atoms with Gasteiger partial charge in [0.1, 0.15) is 0 Å². The summed E-state index contributed by atoms with van der Waals surface area (Å²) in [5.74, 6) is 0. The number of hydrogen-bond donors (Lipinski definition) is 1. The van der Waals surface area contributed by atoms with Crippen LogP contribution < -0.4 is 0 Å². The van der Waals surface area contributed by atoms with Crippen LogP contribution in [0.4, 0.5) is 0 Å². The fraction of sp³-hybridized carbons (Fsp3) is 0.300. The van der Waals surface area contributed by atoms with Crippen molar-refractivity contribution in [2.75, 3.05) is 0 Å². The Bertz CT molecular complexity index is 317. The molecule has 12 heavy (non-hydrogen) atoms. The van der Waals surface area contributed by atoms with E-state index in [0.717, 1.165) is 30.5 Å². The summed E-state index contributed by atoms with van der Waals surface area (Å²) in [5, 5.41) is 8.94. The Morgan fingerprint density at radius 3 is 3.17 bits per heavy atom. The molecule has 1 aromatic rings. The van der Waals surface area contributed by atoms with Gasteiger partial charge in [0.05, 0.1) is 12.0 Å². The first-order chi connectivity index (χ1) is 5.92. The van der Waals surface area contributed by atoms with Gasteiger partial charge in [0.25, 0.3) is 0 Å². The molecule has 1 N–H and O–H groups in total. The quantitative estimate of drug-likeness (QED) is 0.592. The van der Waals surface area contributed by atoms with Crippen LogP contribution >= 0.6 is 0 Å². The minimum absolute atomic E-state index is 0.945. The number of aromatic nitrogens is 1. The lowest BCUT2D eigenvalue weighted by Gasteiger charge is -2.15. The molecular formula is C10H11NO. The van der Waals surface area contributed by atoms with Crippen molar-refractivity contribution < 1.29 is 5.11 Å². The predicted octanol–water partition coefficient (Wildman–Crippen LogP) is 2.32.